The van der Waals surface area contributed by atoms with Gasteiger partial charge in [-0.15, -0.1) is 0 Å². The van der Waals surface area contributed by atoms with Gasteiger partial charge in [0.15, 0.2) is 0 Å². The third-order valence-corrected chi connectivity index (χ3v) is 2.35. The first kappa shape index (κ1) is 12.9. The zero-order chi connectivity index (χ0) is 12.0. The third-order valence-electron chi connectivity index (χ3n) is 2.35. The third kappa shape index (κ3) is 5.08. The highest BCUT2D eigenvalue weighted by Gasteiger charge is 2.04. The second-order valence-electron chi connectivity index (χ2n) is 4.37. The van der Waals surface area contributed by atoms with Crippen LogP contribution in [0.15, 0.2) is 24.3 Å². The van der Waals surface area contributed by atoms with Crippen molar-refractivity contribution in [2.75, 3.05) is 6.61 Å². The standard InChI is InChI=1S/C14H20O2/c1-11(2)16-9-8-14(15)10-13-6-4-12(3)5-7-13/h4-7,11H,8-10H2,1-3H3. The zero-order valence-electron chi connectivity index (χ0n) is 10.3. The van der Waals surface area contributed by atoms with Gasteiger partial charge in [-0.05, 0) is 26.3 Å². The van der Waals surface area contributed by atoms with Crippen molar-refractivity contribution in [1.29, 1.82) is 0 Å². The van der Waals surface area contributed by atoms with E-state index in [0.717, 1.165) is 5.56 Å². The monoisotopic (exact) mass is 220 g/mol. The van der Waals surface area contributed by atoms with Gasteiger partial charge in [0.2, 0.25) is 0 Å². The van der Waals surface area contributed by atoms with E-state index < -0.39 is 0 Å². The molecule has 0 bridgehead atoms. The zero-order valence-corrected chi connectivity index (χ0v) is 10.3. The molecule has 0 heterocycles. The van der Waals surface area contributed by atoms with Crippen molar-refractivity contribution in [2.24, 2.45) is 0 Å². The number of carbonyl (C=O) groups is 1. The summed E-state index contributed by atoms with van der Waals surface area (Å²) in [7, 11) is 0. The maximum Gasteiger partial charge on any atom is 0.139 e. The quantitative estimate of drug-likeness (QED) is 0.736. The number of aryl methyl sites for hydroxylation is 1. The lowest BCUT2D eigenvalue weighted by Gasteiger charge is -2.06. The average molecular weight is 220 g/mol. The van der Waals surface area contributed by atoms with Crippen molar-refractivity contribution in [2.45, 2.75) is 39.7 Å². The smallest absolute Gasteiger partial charge is 0.139 e. The minimum absolute atomic E-state index is 0.201. The molecule has 1 rings (SSSR count). The number of Topliss-reactive ketones (excluding diaryl/α,β-unsaturated/α-hetero) is 1. The fourth-order valence-electron chi connectivity index (χ4n) is 1.43. The molecule has 0 saturated heterocycles. The molecule has 88 valence electrons. The van der Waals surface area contributed by atoms with Crippen molar-refractivity contribution >= 4 is 5.78 Å². The summed E-state index contributed by atoms with van der Waals surface area (Å²) >= 11 is 0. The van der Waals surface area contributed by atoms with Gasteiger partial charge in [-0.2, -0.15) is 0 Å². The maximum atomic E-state index is 11.6. The van der Waals surface area contributed by atoms with Crippen LogP contribution in [-0.4, -0.2) is 18.5 Å². The van der Waals surface area contributed by atoms with Crippen molar-refractivity contribution in [3.8, 4) is 0 Å². The molecule has 0 aliphatic carbocycles. The van der Waals surface area contributed by atoms with Gasteiger partial charge < -0.3 is 4.74 Å². The second-order valence-corrected chi connectivity index (χ2v) is 4.37. The first-order valence-corrected chi connectivity index (χ1v) is 5.77. The van der Waals surface area contributed by atoms with Gasteiger partial charge in [-0.1, -0.05) is 29.8 Å². The number of hydrogen-bond donors (Lipinski definition) is 0. The predicted molar refractivity (Wildman–Crippen MR) is 65.6 cm³/mol. The minimum Gasteiger partial charge on any atom is -0.378 e. The summed E-state index contributed by atoms with van der Waals surface area (Å²) < 4.78 is 5.35. The lowest BCUT2D eigenvalue weighted by Crippen LogP contribution is -2.10. The Morgan fingerprint density at radius 1 is 1.25 bits per heavy atom. The molecule has 0 aliphatic rings. The topological polar surface area (TPSA) is 26.3 Å². The number of benzene rings is 1. The van der Waals surface area contributed by atoms with Crippen LogP contribution >= 0.6 is 0 Å². The Bertz CT molecular complexity index is 325. The van der Waals surface area contributed by atoms with Gasteiger partial charge in [0.25, 0.3) is 0 Å². The normalized spacial score (nSPS) is 10.8. The van der Waals surface area contributed by atoms with Crippen LogP contribution in [0.25, 0.3) is 0 Å². The molecule has 0 N–H and O–H groups in total. The summed E-state index contributed by atoms with van der Waals surface area (Å²) in [5, 5.41) is 0. The minimum atomic E-state index is 0.201. The number of ether oxygens (including phenoxy) is 1. The fourth-order valence-corrected chi connectivity index (χ4v) is 1.43. The van der Waals surface area contributed by atoms with E-state index in [-0.39, 0.29) is 11.9 Å². The van der Waals surface area contributed by atoms with Crippen LogP contribution in [0.5, 0.6) is 0 Å². The molecule has 0 radical (unpaired) electrons. The molecular formula is C14H20O2. The van der Waals surface area contributed by atoms with Crippen molar-refractivity contribution in [3.05, 3.63) is 35.4 Å². The van der Waals surface area contributed by atoms with Crippen molar-refractivity contribution in [3.63, 3.8) is 0 Å². The molecule has 0 saturated carbocycles. The van der Waals surface area contributed by atoms with Crippen molar-refractivity contribution in [1.82, 2.24) is 0 Å². The Morgan fingerprint density at radius 3 is 2.44 bits per heavy atom. The Morgan fingerprint density at radius 2 is 1.88 bits per heavy atom. The first-order valence-electron chi connectivity index (χ1n) is 5.77. The Hall–Kier alpha value is -1.15. The van der Waals surface area contributed by atoms with Crippen LogP contribution in [0.3, 0.4) is 0 Å². The van der Waals surface area contributed by atoms with Crippen LogP contribution in [0.4, 0.5) is 0 Å². The largest absolute Gasteiger partial charge is 0.378 e. The van der Waals surface area contributed by atoms with E-state index in [4.69, 9.17) is 4.74 Å². The SMILES string of the molecule is Cc1ccc(CC(=O)CCOC(C)C)cc1. The van der Waals surface area contributed by atoms with Gasteiger partial charge in [-0.25, -0.2) is 0 Å². The molecule has 1 aromatic rings. The van der Waals surface area contributed by atoms with E-state index >= 15 is 0 Å². The van der Waals surface area contributed by atoms with Gasteiger partial charge in [-0.3, -0.25) is 4.79 Å². The molecule has 0 fully saturated rings. The molecule has 0 aliphatic heterocycles. The van der Waals surface area contributed by atoms with Crippen molar-refractivity contribution < 1.29 is 9.53 Å². The van der Waals surface area contributed by atoms with Gasteiger partial charge in [0.05, 0.1) is 12.7 Å². The fraction of sp³-hybridized carbons (Fsp3) is 0.500. The molecule has 0 amide bonds. The number of hydrogen-bond acceptors (Lipinski definition) is 2. The van der Waals surface area contributed by atoms with Crippen LogP contribution < -0.4 is 0 Å². The van der Waals surface area contributed by atoms with Crippen LogP contribution in [0.1, 0.15) is 31.4 Å². The lowest BCUT2D eigenvalue weighted by molar-refractivity contribution is -0.119. The predicted octanol–water partition coefficient (Wildman–Crippen LogP) is 2.92. The van der Waals surface area contributed by atoms with Gasteiger partial charge in [0.1, 0.15) is 5.78 Å². The lowest BCUT2D eigenvalue weighted by atomic mass is 10.1. The molecule has 0 spiro atoms. The molecular weight excluding hydrogens is 200 g/mol. The van der Waals surface area contributed by atoms with Crippen LogP contribution in [-0.2, 0) is 16.0 Å². The van der Waals surface area contributed by atoms with Gasteiger partial charge in [0, 0.05) is 12.8 Å². The van der Waals surface area contributed by atoms with Crippen LogP contribution in [0.2, 0.25) is 0 Å². The van der Waals surface area contributed by atoms with E-state index in [0.29, 0.717) is 19.4 Å². The molecule has 0 atom stereocenters. The first-order chi connectivity index (χ1) is 7.58. The maximum absolute atomic E-state index is 11.6. The summed E-state index contributed by atoms with van der Waals surface area (Å²) in [5.41, 5.74) is 2.31. The number of rotatable bonds is 6. The highest BCUT2D eigenvalue weighted by molar-refractivity contribution is 5.80. The summed E-state index contributed by atoms with van der Waals surface area (Å²) in [6, 6.07) is 8.09. The summed E-state index contributed by atoms with van der Waals surface area (Å²) in [6.45, 7) is 6.53. The molecule has 2 nitrogen and oxygen atoms in total. The molecule has 16 heavy (non-hydrogen) atoms. The number of carbonyl (C=O) groups excluding carboxylic acids is 1. The molecule has 0 aromatic heterocycles. The highest BCUT2D eigenvalue weighted by atomic mass is 16.5. The highest BCUT2D eigenvalue weighted by Crippen LogP contribution is 2.05. The summed E-state index contributed by atoms with van der Waals surface area (Å²) in [5.74, 6) is 0.240. The van der Waals surface area contributed by atoms with E-state index in [1.54, 1.807) is 0 Å². The molecule has 2 heteroatoms. The average Bonchev–Trinajstić information content (AvgIpc) is 2.21. The summed E-state index contributed by atoms with van der Waals surface area (Å²) in [4.78, 5) is 11.6. The van der Waals surface area contributed by atoms with E-state index in [1.807, 2.05) is 45.0 Å². The number of ketones is 1. The Kier molecular flexibility index (Phi) is 5.20. The summed E-state index contributed by atoms with van der Waals surface area (Å²) in [6.07, 6.45) is 1.22. The van der Waals surface area contributed by atoms with Crippen LogP contribution in [0, 0.1) is 6.92 Å². The van der Waals surface area contributed by atoms with E-state index in [1.165, 1.54) is 5.56 Å². The Labute approximate surface area is 97.6 Å². The Balaban J connectivity index is 2.31. The second kappa shape index (κ2) is 6.44. The molecule has 1 aromatic carbocycles. The van der Waals surface area contributed by atoms with E-state index in [9.17, 15) is 4.79 Å². The van der Waals surface area contributed by atoms with E-state index in [2.05, 4.69) is 0 Å². The molecule has 0 unspecified atom stereocenters. The van der Waals surface area contributed by atoms with Gasteiger partial charge >= 0.3 is 0 Å².